The van der Waals surface area contributed by atoms with Crippen LogP contribution in [0.3, 0.4) is 0 Å². The van der Waals surface area contributed by atoms with E-state index in [0.717, 1.165) is 17.8 Å². The van der Waals surface area contributed by atoms with Crippen LogP contribution in [-0.2, 0) is 4.74 Å². The van der Waals surface area contributed by atoms with Crippen molar-refractivity contribution in [1.29, 1.82) is 0 Å². The molecule has 1 atom stereocenters. The maximum absolute atomic E-state index is 6.38. The highest BCUT2D eigenvalue weighted by Gasteiger charge is 2.42. The van der Waals surface area contributed by atoms with E-state index in [-0.39, 0.29) is 0 Å². The lowest BCUT2D eigenvalue weighted by molar-refractivity contribution is -0.0361. The summed E-state index contributed by atoms with van der Waals surface area (Å²) in [7, 11) is 0. The molecule has 0 radical (unpaired) electrons. The smallest absolute Gasteiger partial charge is 0.0708 e. The molecule has 1 saturated heterocycles. The van der Waals surface area contributed by atoms with E-state index in [1.807, 2.05) is 0 Å². The lowest BCUT2D eigenvalue weighted by Gasteiger charge is -2.29. The quantitative estimate of drug-likeness (QED) is 0.849. The maximum atomic E-state index is 6.38. The van der Waals surface area contributed by atoms with Crippen LogP contribution in [0.15, 0.2) is 0 Å². The van der Waals surface area contributed by atoms with Gasteiger partial charge in [0.25, 0.3) is 0 Å². The molecule has 1 heterocycles. The molecule has 3 fully saturated rings. The first-order valence-corrected chi connectivity index (χ1v) is 9.52. The number of rotatable bonds is 4. The van der Waals surface area contributed by atoms with Crippen molar-refractivity contribution in [3.05, 3.63) is 0 Å². The van der Waals surface area contributed by atoms with Crippen LogP contribution in [0, 0.1) is 0 Å². The van der Waals surface area contributed by atoms with Crippen molar-refractivity contribution in [3.8, 4) is 0 Å². The summed E-state index contributed by atoms with van der Waals surface area (Å²) < 4.78 is 6.38. The Hall–Kier alpha value is 0.270. The van der Waals surface area contributed by atoms with Gasteiger partial charge in [-0.2, -0.15) is 11.8 Å². The molecule has 0 bridgehead atoms. The van der Waals surface area contributed by atoms with Crippen LogP contribution < -0.4 is 5.32 Å². The Labute approximate surface area is 122 Å². The second-order valence-electron chi connectivity index (χ2n) is 6.79. The van der Waals surface area contributed by atoms with E-state index >= 15 is 0 Å². The van der Waals surface area contributed by atoms with Crippen molar-refractivity contribution >= 4 is 11.8 Å². The van der Waals surface area contributed by atoms with Gasteiger partial charge in [0.15, 0.2) is 0 Å². The van der Waals surface area contributed by atoms with E-state index in [0.29, 0.717) is 11.7 Å². The molecule has 1 unspecified atom stereocenters. The van der Waals surface area contributed by atoms with E-state index in [2.05, 4.69) is 23.3 Å². The summed E-state index contributed by atoms with van der Waals surface area (Å²) in [6.07, 6.45) is 16.3. The second-order valence-corrected chi connectivity index (χ2v) is 7.92. The summed E-state index contributed by atoms with van der Waals surface area (Å²) >= 11 is 2.05. The van der Waals surface area contributed by atoms with Crippen molar-refractivity contribution in [1.82, 2.24) is 5.32 Å². The molecule has 0 aromatic rings. The average Bonchev–Trinajstić information content (AvgIpc) is 3.08. The first-order chi connectivity index (χ1) is 9.30. The molecule has 0 aromatic heterocycles. The standard InChI is InChI=1S/C16H29NOS/c1-19-15-6-4-13(5-7-15)17-12-14-8-11-16(18-14)9-2-3-10-16/h13-15,17H,2-12H2,1H3. The highest BCUT2D eigenvalue weighted by atomic mass is 32.2. The van der Waals surface area contributed by atoms with Gasteiger partial charge in [-0.25, -0.2) is 0 Å². The molecule has 1 aliphatic heterocycles. The third-order valence-corrected chi connectivity index (χ3v) is 6.63. The van der Waals surface area contributed by atoms with Crippen LogP contribution in [0.1, 0.15) is 64.2 Å². The summed E-state index contributed by atoms with van der Waals surface area (Å²) in [5.41, 5.74) is 0.308. The summed E-state index contributed by atoms with van der Waals surface area (Å²) in [5, 5.41) is 4.70. The lowest BCUT2D eigenvalue weighted by atomic mass is 9.94. The predicted octanol–water partition coefficient (Wildman–Crippen LogP) is 3.74. The van der Waals surface area contributed by atoms with Gasteiger partial charge in [-0.05, 0) is 57.6 Å². The molecule has 0 aromatic carbocycles. The normalized spacial score (nSPS) is 38.1. The van der Waals surface area contributed by atoms with Crippen LogP contribution in [0.25, 0.3) is 0 Å². The van der Waals surface area contributed by atoms with Crippen molar-refractivity contribution in [3.63, 3.8) is 0 Å². The topological polar surface area (TPSA) is 21.3 Å². The van der Waals surface area contributed by atoms with Crippen LogP contribution in [0.5, 0.6) is 0 Å². The van der Waals surface area contributed by atoms with Crippen molar-refractivity contribution in [2.24, 2.45) is 0 Å². The molecular weight excluding hydrogens is 254 g/mol. The van der Waals surface area contributed by atoms with Gasteiger partial charge >= 0.3 is 0 Å². The first-order valence-electron chi connectivity index (χ1n) is 8.24. The van der Waals surface area contributed by atoms with Crippen LogP contribution in [0.2, 0.25) is 0 Å². The zero-order chi connectivity index (χ0) is 13.1. The SMILES string of the molecule is CSC1CCC(NCC2CCC3(CCCC3)O2)CC1. The molecule has 2 aliphatic carbocycles. The summed E-state index contributed by atoms with van der Waals surface area (Å²) in [6, 6.07) is 0.757. The Morgan fingerprint density at radius 2 is 1.79 bits per heavy atom. The van der Waals surface area contributed by atoms with E-state index in [1.165, 1.54) is 64.2 Å². The maximum Gasteiger partial charge on any atom is 0.0708 e. The Morgan fingerprint density at radius 3 is 2.47 bits per heavy atom. The van der Waals surface area contributed by atoms with Gasteiger partial charge in [-0.1, -0.05) is 12.8 Å². The highest BCUT2D eigenvalue weighted by molar-refractivity contribution is 7.99. The summed E-state index contributed by atoms with van der Waals surface area (Å²) in [4.78, 5) is 0. The first kappa shape index (κ1) is 14.2. The van der Waals surface area contributed by atoms with Gasteiger partial charge < -0.3 is 10.1 Å². The molecule has 19 heavy (non-hydrogen) atoms. The van der Waals surface area contributed by atoms with E-state index in [4.69, 9.17) is 4.74 Å². The van der Waals surface area contributed by atoms with Gasteiger partial charge in [0.05, 0.1) is 11.7 Å². The van der Waals surface area contributed by atoms with E-state index < -0.39 is 0 Å². The van der Waals surface area contributed by atoms with Gasteiger partial charge in [0, 0.05) is 17.8 Å². The molecular formula is C16H29NOS. The zero-order valence-corrected chi connectivity index (χ0v) is 13.1. The lowest BCUT2D eigenvalue weighted by Crippen LogP contribution is -2.39. The highest BCUT2D eigenvalue weighted by Crippen LogP contribution is 2.43. The number of hydrogen-bond donors (Lipinski definition) is 1. The van der Waals surface area contributed by atoms with E-state index in [1.54, 1.807) is 0 Å². The minimum Gasteiger partial charge on any atom is -0.370 e. The van der Waals surface area contributed by atoms with Gasteiger partial charge in [0.2, 0.25) is 0 Å². The fourth-order valence-electron chi connectivity index (χ4n) is 4.23. The van der Waals surface area contributed by atoms with Crippen LogP contribution in [0.4, 0.5) is 0 Å². The number of thioether (sulfide) groups is 1. The number of hydrogen-bond acceptors (Lipinski definition) is 3. The molecule has 3 aliphatic rings. The van der Waals surface area contributed by atoms with Crippen molar-refractivity contribution < 1.29 is 4.74 Å². The van der Waals surface area contributed by atoms with Crippen LogP contribution in [-0.4, -0.2) is 35.8 Å². The average molecular weight is 283 g/mol. The van der Waals surface area contributed by atoms with Gasteiger partial charge in [-0.3, -0.25) is 0 Å². The summed E-state index contributed by atoms with van der Waals surface area (Å²) in [5.74, 6) is 0. The summed E-state index contributed by atoms with van der Waals surface area (Å²) in [6.45, 7) is 1.09. The largest absolute Gasteiger partial charge is 0.370 e. The molecule has 110 valence electrons. The minimum absolute atomic E-state index is 0.308. The molecule has 1 spiro atoms. The Balaban J connectivity index is 1.37. The molecule has 0 amide bonds. The van der Waals surface area contributed by atoms with Crippen LogP contribution >= 0.6 is 11.8 Å². The molecule has 1 N–H and O–H groups in total. The second kappa shape index (κ2) is 6.36. The minimum atomic E-state index is 0.308. The number of ether oxygens (including phenoxy) is 1. The zero-order valence-electron chi connectivity index (χ0n) is 12.3. The predicted molar refractivity (Wildman–Crippen MR) is 82.9 cm³/mol. The molecule has 2 saturated carbocycles. The fraction of sp³-hybridized carbons (Fsp3) is 1.00. The third-order valence-electron chi connectivity index (χ3n) is 5.50. The van der Waals surface area contributed by atoms with Crippen molar-refractivity contribution in [2.45, 2.75) is 87.2 Å². The van der Waals surface area contributed by atoms with E-state index in [9.17, 15) is 0 Å². The Bertz CT molecular complexity index is 282. The van der Waals surface area contributed by atoms with Crippen molar-refractivity contribution in [2.75, 3.05) is 12.8 Å². The number of nitrogens with one attached hydrogen (secondary N) is 1. The fourth-order valence-corrected chi connectivity index (χ4v) is 4.97. The Kier molecular flexibility index (Phi) is 4.76. The van der Waals surface area contributed by atoms with Gasteiger partial charge in [-0.15, -0.1) is 0 Å². The monoisotopic (exact) mass is 283 g/mol. The molecule has 2 nitrogen and oxygen atoms in total. The molecule has 3 rings (SSSR count). The molecule has 3 heteroatoms. The third kappa shape index (κ3) is 3.48. The Morgan fingerprint density at radius 1 is 1.05 bits per heavy atom. The van der Waals surface area contributed by atoms with Gasteiger partial charge in [0.1, 0.15) is 0 Å².